The Morgan fingerprint density at radius 2 is 2.07 bits per heavy atom. The van der Waals surface area contributed by atoms with Gasteiger partial charge in [-0.15, -0.1) is 0 Å². The number of phenolic OH excluding ortho intramolecular Hbond substituents is 1. The molecule has 2 aromatic rings. The fourth-order valence-corrected chi connectivity index (χ4v) is 1.57. The molecule has 4 heteroatoms. The van der Waals surface area contributed by atoms with Crippen LogP contribution in [0.15, 0.2) is 22.6 Å². The Morgan fingerprint density at radius 1 is 1.33 bits per heavy atom. The molecule has 0 aliphatic carbocycles. The van der Waals surface area contributed by atoms with Crippen molar-refractivity contribution in [1.29, 1.82) is 0 Å². The van der Waals surface area contributed by atoms with E-state index in [4.69, 9.17) is 16.0 Å². The first-order valence-corrected chi connectivity index (χ1v) is 4.88. The van der Waals surface area contributed by atoms with Crippen LogP contribution in [0.4, 0.5) is 0 Å². The molecule has 0 amide bonds. The molecule has 0 saturated carbocycles. The van der Waals surface area contributed by atoms with E-state index in [1.54, 1.807) is 25.1 Å². The minimum atomic E-state index is 0.0502. The molecular weight excluding hydrogens is 214 g/mol. The van der Waals surface area contributed by atoms with Crippen molar-refractivity contribution in [2.75, 3.05) is 0 Å². The summed E-state index contributed by atoms with van der Waals surface area (Å²) in [5.41, 5.74) is 1.53. The van der Waals surface area contributed by atoms with E-state index >= 15 is 0 Å². The summed E-state index contributed by atoms with van der Waals surface area (Å²) in [4.78, 5) is 4.23. The zero-order valence-corrected chi connectivity index (χ0v) is 9.17. The van der Waals surface area contributed by atoms with Crippen molar-refractivity contribution in [3.05, 3.63) is 34.9 Å². The highest BCUT2D eigenvalue weighted by Gasteiger charge is 2.10. The summed E-state index contributed by atoms with van der Waals surface area (Å²) in [5.74, 6) is 1.39. The molecule has 0 unspecified atom stereocenters. The minimum absolute atomic E-state index is 0.0502. The number of rotatable bonds is 1. The van der Waals surface area contributed by atoms with Crippen LogP contribution in [0.1, 0.15) is 11.7 Å². The zero-order valence-electron chi connectivity index (χ0n) is 8.41. The van der Waals surface area contributed by atoms with Crippen molar-refractivity contribution in [3.8, 4) is 17.0 Å². The Bertz CT molecular complexity index is 505. The van der Waals surface area contributed by atoms with Gasteiger partial charge in [0.25, 0.3) is 0 Å². The second-order valence-electron chi connectivity index (χ2n) is 3.30. The molecule has 0 bridgehead atoms. The van der Waals surface area contributed by atoms with Crippen molar-refractivity contribution in [3.63, 3.8) is 0 Å². The Morgan fingerprint density at radius 3 is 2.60 bits per heavy atom. The predicted octanol–water partition coefficient (Wildman–Crippen LogP) is 3.32. The maximum Gasteiger partial charge on any atom is 0.191 e. The summed E-state index contributed by atoms with van der Waals surface area (Å²) < 4.78 is 5.31. The summed E-state index contributed by atoms with van der Waals surface area (Å²) in [6, 6.07) is 5.01. The van der Waals surface area contributed by atoms with Crippen molar-refractivity contribution in [1.82, 2.24) is 4.98 Å². The Labute approximate surface area is 92.3 Å². The van der Waals surface area contributed by atoms with Gasteiger partial charge < -0.3 is 9.52 Å². The fourth-order valence-electron chi connectivity index (χ4n) is 1.46. The van der Waals surface area contributed by atoms with Gasteiger partial charge in [0.05, 0.1) is 5.02 Å². The number of aryl methyl sites for hydroxylation is 2. The van der Waals surface area contributed by atoms with Gasteiger partial charge >= 0.3 is 0 Å². The van der Waals surface area contributed by atoms with E-state index in [0.29, 0.717) is 10.9 Å². The third-order valence-electron chi connectivity index (χ3n) is 2.12. The van der Waals surface area contributed by atoms with E-state index in [2.05, 4.69) is 4.98 Å². The number of phenols is 1. The molecule has 0 aliphatic heterocycles. The summed E-state index contributed by atoms with van der Waals surface area (Å²) in [5, 5.41) is 9.80. The number of aromatic hydroxyl groups is 1. The molecule has 78 valence electrons. The van der Waals surface area contributed by atoms with Crippen molar-refractivity contribution in [2.45, 2.75) is 13.8 Å². The second-order valence-corrected chi connectivity index (χ2v) is 3.71. The monoisotopic (exact) mass is 223 g/mol. The number of nitrogens with zero attached hydrogens (tertiary/aromatic N) is 1. The van der Waals surface area contributed by atoms with E-state index in [9.17, 15) is 5.11 Å². The number of benzene rings is 1. The van der Waals surface area contributed by atoms with Gasteiger partial charge in [-0.25, -0.2) is 4.98 Å². The lowest BCUT2D eigenvalue weighted by Gasteiger charge is -2.00. The lowest BCUT2D eigenvalue weighted by Crippen LogP contribution is -1.81. The van der Waals surface area contributed by atoms with Crippen LogP contribution in [0.2, 0.25) is 5.02 Å². The number of hydrogen-bond donors (Lipinski definition) is 1. The summed E-state index contributed by atoms with van der Waals surface area (Å²) >= 11 is 5.72. The molecule has 0 spiro atoms. The van der Waals surface area contributed by atoms with Crippen LogP contribution in [0, 0.1) is 13.8 Å². The first kappa shape index (κ1) is 10.1. The SMILES string of the molecule is Cc1nc(-c2ccc(Cl)c(O)c2)c(C)o1. The van der Waals surface area contributed by atoms with E-state index < -0.39 is 0 Å². The van der Waals surface area contributed by atoms with Gasteiger partial charge in [0.15, 0.2) is 5.89 Å². The van der Waals surface area contributed by atoms with Gasteiger partial charge in [-0.05, 0) is 19.1 Å². The van der Waals surface area contributed by atoms with E-state index in [1.165, 1.54) is 0 Å². The van der Waals surface area contributed by atoms with Crippen LogP contribution in [-0.4, -0.2) is 10.1 Å². The summed E-state index contributed by atoms with van der Waals surface area (Å²) in [7, 11) is 0. The third-order valence-corrected chi connectivity index (χ3v) is 2.44. The molecule has 1 heterocycles. The normalized spacial score (nSPS) is 10.6. The molecule has 2 rings (SSSR count). The molecule has 0 fully saturated rings. The minimum Gasteiger partial charge on any atom is -0.506 e. The largest absolute Gasteiger partial charge is 0.506 e. The molecule has 1 aromatic carbocycles. The lowest BCUT2D eigenvalue weighted by molar-refractivity contribution is 0.476. The van der Waals surface area contributed by atoms with E-state index in [1.807, 2.05) is 6.92 Å². The number of oxazole rings is 1. The highest BCUT2D eigenvalue weighted by atomic mass is 35.5. The molecule has 3 nitrogen and oxygen atoms in total. The van der Waals surface area contributed by atoms with Crippen LogP contribution in [0.25, 0.3) is 11.3 Å². The predicted molar refractivity (Wildman–Crippen MR) is 58.1 cm³/mol. The quantitative estimate of drug-likeness (QED) is 0.807. The van der Waals surface area contributed by atoms with Crippen molar-refractivity contribution in [2.24, 2.45) is 0 Å². The van der Waals surface area contributed by atoms with Crippen LogP contribution >= 0.6 is 11.6 Å². The molecule has 1 aromatic heterocycles. The van der Waals surface area contributed by atoms with Gasteiger partial charge in [0, 0.05) is 12.5 Å². The molecule has 0 atom stereocenters. The molecule has 1 N–H and O–H groups in total. The Kier molecular flexibility index (Phi) is 2.40. The summed E-state index contributed by atoms with van der Waals surface area (Å²) in [6.07, 6.45) is 0. The van der Waals surface area contributed by atoms with Gasteiger partial charge in [0.1, 0.15) is 17.2 Å². The lowest BCUT2D eigenvalue weighted by atomic mass is 10.1. The van der Waals surface area contributed by atoms with Crippen LogP contribution in [0.3, 0.4) is 0 Å². The average molecular weight is 224 g/mol. The van der Waals surface area contributed by atoms with Crippen molar-refractivity contribution >= 4 is 11.6 Å². The molecule has 0 aliphatic rings. The number of hydrogen-bond acceptors (Lipinski definition) is 3. The van der Waals surface area contributed by atoms with Crippen LogP contribution in [-0.2, 0) is 0 Å². The molecule has 0 radical (unpaired) electrons. The standard InChI is InChI=1S/C11H10ClNO2/c1-6-11(13-7(2)15-6)8-3-4-9(12)10(14)5-8/h3-5,14H,1-2H3. The van der Waals surface area contributed by atoms with E-state index in [0.717, 1.165) is 17.0 Å². The van der Waals surface area contributed by atoms with Gasteiger partial charge in [-0.3, -0.25) is 0 Å². The first-order chi connectivity index (χ1) is 7.08. The first-order valence-electron chi connectivity index (χ1n) is 4.51. The topological polar surface area (TPSA) is 46.3 Å². The third kappa shape index (κ3) is 1.83. The number of halogens is 1. The highest BCUT2D eigenvalue weighted by Crippen LogP contribution is 2.30. The average Bonchev–Trinajstić information content (AvgIpc) is 2.50. The smallest absolute Gasteiger partial charge is 0.191 e. The molecule has 15 heavy (non-hydrogen) atoms. The fraction of sp³-hybridized carbons (Fsp3) is 0.182. The molecule has 0 saturated heterocycles. The van der Waals surface area contributed by atoms with Gasteiger partial charge in [0.2, 0.25) is 0 Å². The van der Waals surface area contributed by atoms with Crippen molar-refractivity contribution < 1.29 is 9.52 Å². The van der Waals surface area contributed by atoms with Crippen LogP contribution in [0.5, 0.6) is 5.75 Å². The van der Waals surface area contributed by atoms with Gasteiger partial charge in [-0.2, -0.15) is 0 Å². The summed E-state index contributed by atoms with van der Waals surface area (Å²) in [6.45, 7) is 3.62. The van der Waals surface area contributed by atoms with E-state index in [-0.39, 0.29) is 5.75 Å². The molecular formula is C11H10ClNO2. The maximum absolute atomic E-state index is 9.47. The Hall–Kier alpha value is -1.48. The maximum atomic E-state index is 9.47. The van der Waals surface area contributed by atoms with Crippen LogP contribution < -0.4 is 0 Å². The number of aromatic nitrogens is 1. The zero-order chi connectivity index (χ0) is 11.0. The second kappa shape index (κ2) is 3.59. The highest BCUT2D eigenvalue weighted by molar-refractivity contribution is 6.32. The van der Waals surface area contributed by atoms with Gasteiger partial charge in [-0.1, -0.05) is 17.7 Å². The Balaban J connectivity index is 2.54.